The van der Waals surface area contributed by atoms with Gasteiger partial charge in [-0.25, -0.2) is 0 Å². The number of carbonyl (C=O) groups excluding carboxylic acids is 1. The topological polar surface area (TPSA) is 38.3 Å². The van der Waals surface area contributed by atoms with Gasteiger partial charge in [0.1, 0.15) is 0 Å². The molecule has 17 heavy (non-hydrogen) atoms. The minimum atomic E-state index is -0.193. The maximum Gasteiger partial charge on any atom is 0.309 e. The van der Waals surface area contributed by atoms with Gasteiger partial charge in [0.05, 0.1) is 13.5 Å². The first kappa shape index (κ1) is 11.9. The lowest BCUT2D eigenvalue weighted by molar-refractivity contribution is -0.139. The normalized spacial score (nSPS) is 15.2. The molecule has 0 aliphatic carbocycles. The molecule has 0 unspecified atom stereocenters. The predicted octanol–water partition coefficient (Wildman–Crippen LogP) is 1.78. The summed E-state index contributed by atoms with van der Waals surface area (Å²) >= 11 is 0. The largest absolute Gasteiger partial charge is 0.469 e. The van der Waals surface area contributed by atoms with Gasteiger partial charge < -0.3 is 10.1 Å². The number of carbonyl (C=O) groups is 1. The number of methoxy groups -OCH3 is 1. The zero-order chi connectivity index (χ0) is 12.1. The summed E-state index contributed by atoms with van der Waals surface area (Å²) < 4.78 is 4.68. The van der Waals surface area contributed by atoms with E-state index in [2.05, 4.69) is 28.3 Å². The minimum Gasteiger partial charge on any atom is -0.469 e. The van der Waals surface area contributed by atoms with E-state index in [9.17, 15) is 4.79 Å². The third kappa shape index (κ3) is 3.17. The van der Waals surface area contributed by atoms with Gasteiger partial charge in [-0.1, -0.05) is 30.3 Å². The summed E-state index contributed by atoms with van der Waals surface area (Å²) in [5, 5.41) is 3.29. The molecule has 0 saturated heterocycles. The molecule has 1 aromatic carbocycles. The standard InChI is InChI=1S/C14H17NO2/c1-17-14(16)10-11-3-2-4-13(9-11)12-5-7-15-8-6-12/h2-5,9,15H,6-8,10H2,1H3. The van der Waals surface area contributed by atoms with Crippen molar-refractivity contribution in [3.63, 3.8) is 0 Å². The lowest BCUT2D eigenvalue weighted by atomic mass is 9.98. The first-order chi connectivity index (χ1) is 8.29. The Kier molecular flexibility index (Phi) is 3.94. The van der Waals surface area contributed by atoms with E-state index in [0.717, 1.165) is 25.1 Å². The molecule has 3 nitrogen and oxygen atoms in total. The van der Waals surface area contributed by atoms with Gasteiger partial charge in [0.2, 0.25) is 0 Å². The quantitative estimate of drug-likeness (QED) is 0.806. The second-order valence-electron chi connectivity index (χ2n) is 4.14. The summed E-state index contributed by atoms with van der Waals surface area (Å²) in [5.41, 5.74) is 3.58. The Morgan fingerprint density at radius 1 is 1.47 bits per heavy atom. The number of hydrogen-bond donors (Lipinski definition) is 1. The molecule has 2 rings (SSSR count). The molecule has 1 N–H and O–H groups in total. The van der Waals surface area contributed by atoms with Gasteiger partial charge in [0.25, 0.3) is 0 Å². The number of ether oxygens (including phenoxy) is 1. The van der Waals surface area contributed by atoms with Crippen molar-refractivity contribution in [3.05, 3.63) is 41.5 Å². The van der Waals surface area contributed by atoms with E-state index >= 15 is 0 Å². The van der Waals surface area contributed by atoms with Crippen LogP contribution in [-0.2, 0) is 16.0 Å². The van der Waals surface area contributed by atoms with E-state index in [1.165, 1.54) is 18.2 Å². The molecule has 1 aromatic rings. The molecule has 0 aromatic heterocycles. The Bertz CT molecular complexity index is 438. The Labute approximate surface area is 101 Å². The van der Waals surface area contributed by atoms with E-state index in [0.29, 0.717) is 6.42 Å². The molecular formula is C14H17NO2. The molecule has 3 heteroatoms. The minimum absolute atomic E-state index is 0.193. The molecule has 0 atom stereocenters. The van der Waals surface area contributed by atoms with Crippen LogP contribution in [0.3, 0.4) is 0 Å². The Hall–Kier alpha value is -1.61. The van der Waals surface area contributed by atoms with Gasteiger partial charge in [-0.3, -0.25) is 4.79 Å². The van der Waals surface area contributed by atoms with Crippen molar-refractivity contribution in [2.45, 2.75) is 12.8 Å². The van der Waals surface area contributed by atoms with Crippen molar-refractivity contribution in [1.82, 2.24) is 5.32 Å². The van der Waals surface area contributed by atoms with Crippen LogP contribution >= 0.6 is 0 Å². The van der Waals surface area contributed by atoms with E-state index in [1.54, 1.807) is 0 Å². The number of rotatable bonds is 3. The Balaban J connectivity index is 2.16. The van der Waals surface area contributed by atoms with Gasteiger partial charge in [-0.15, -0.1) is 0 Å². The fraction of sp³-hybridized carbons (Fsp3) is 0.357. The van der Waals surface area contributed by atoms with Gasteiger partial charge in [-0.2, -0.15) is 0 Å². The van der Waals surface area contributed by atoms with Gasteiger partial charge in [0, 0.05) is 6.54 Å². The van der Waals surface area contributed by atoms with Crippen molar-refractivity contribution in [3.8, 4) is 0 Å². The molecule has 1 aliphatic heterocycles. The summed E-state index contributed by atoms with van der Waals surface area (Å²) in [6.07, 6.45) is 3.60. The molecule has 1 heterocycles. The summed E-state index contributed by atoms with van der Waals surface area (Å²) in [4.78, 5) is 11.2. The van der Waals surface area contributed by atoms with Crippen molar-refractivity contribution in [2.75, 3.05) is 20.2 Å². The molecule has 0 spiro atoms. The highest BCUT2D eigenvalue weighted by atomic mass is 16.5. The average Bonchev–Trinajstić information content (AvgIpc) is 2.40. The van der Waals surface area contributed by atoms with Crippen LogP contribution in [0.2, 0.25) is 0 Å². The second kappa shape index (κ2) is 5.64. The van der Waals surface area contributed by atoms with Crippen LogP contribution in [0, 0.1) is 0 Å². The van der Waals surface area contributed by atoms with Crippen LogP contribution in [-0.4, -0.2) is 26.2 Å². The third-order valence-electron chi connectivity index (χ3n) is 2.94. The Morgan fingerprint density at radius 3 is 3.06 bits per heavy atom. The molecule has 0 amide bonds. The lowest BCUT2D eigenvalue weighted by Gasteiger charge is -2.14. The molecular weight excluding hydrogens is 214 g/mol. The smallest absolute Gasteiger partial charge is 0.309 e. The van der Waals surface area contributed by atoms with E-state index in [4.69, 9.17) is 0 Å². The van der Waals surface area contributed by atoms with Gasteiger partial charge >= 0.3 is 5.97 Å². The highest BCUT2D eigenvalue weighted by molar-refractivity contribution is 5.74. The summed E-state index contributed by atoms with van der Waals surface area (Å²) in [7, 11) is 1.42. The number of esters is 1. The van der Waals surface area contributed by atoms with Crippen molar-refractivity contribution in [1.29, 1.82) is 0 Å². The van der Waals surface area contributed by atoms with Crippen LogP contribution < -0.4 is 5.32 Å². The van der Waals surface area contributed by atoms with E-state index in [1.807, 2.05) is 12.1 Å². The monoisotopic (exact) mass is 231 g/mol. The molecule has 1 aliphatic rings. The molecule has 0 radical (unpaired) electrons. The van der Waals surface area contributed by atoms with Crippen LogP contribution in [0.25, 0.3) is 5.57 Å². The van der Waals surface area contributed by atoms with Crippen LogP contribution in [0.4, 0.5) is 0 Å². The first-order valence-corrected chi connectivity index (χ1v) is 5.85. The van der Waals surface area contributed by atoms with Gasteiger partial charge in [0.15, 0.2) is 0 Å². The molecule has 0 bridgehead atoms. The summed E-state index contributed by atoms with van der Waals surface area (Å²) in [6.45, 7) is 1.95. The zero-order valence-electron chi connectivity index (χ0n) is 10.0. The highest BCUT2D eigenvalue weighted by Gasteiger charge is 2.08. The predicted molar refractivity (Wildman–Crippen MR) is 67.6 cm³/mol. The molecule has 0 saturated carbocycles. The SMILES string of the molecule is COC(=O)Cc1cccc(C2=CCNCC2)c1. The fourth-order valence-electron chi connectivity index (χ4n) is 2.00. The fourth-order valence-corrected chi connectivity index (χ4v) is 2.00. The summed E-state index contributed by atoms with van der Waals surface area (Å²) in [6, 6.07) is 8.13. The number of benzene rings is 1. The lowest BCUT2D eigenvalue weighted by Crippen LogP contribution is -2.20. The second-order valence-corrected chi connectivity index (χ2v) is 4.14. The average molecular weight is 231 g/mol. The third-order valence-corrected chi connectivity index (χ3v) is 2.94. The number of nitrogens with one attached hydrogen (secondary N) is 1. The highest BCUT2D eigenvalue weighted by Crippen LogP contribution is 2.20. The first-order valence-electron chi connectivity index (χ1n) is 5.85. The van der Waals surface area contributed by atoms with Crippen molar-refractivity contribution < 1.29 is 9.53 Å². The summed E-state index contributed by atoms with van der Waals surface area (Å²) in [5.74, 6) is -0.193. The van der Waals surface area contributed by atoms with E-state index in [-0.39, 0.29) is 5.97 Å². The number of hydrogen-bond acceptors (Lipinski definition) is 3. The zero-order valence-corrected chi connectivity index (χ0v) is 10.0. The molecule has 0 fully saturated rings. The maximum absolute atomic E-state index is 11.2. The van der Waals surface area contributed by atoms with Crippen molar-refractivity contribution in [2.24, 2.45) is 0 Å². The van der Waals surface area contributed by atoms with Crippen LogP contribution in [0.5, 0.6) is 0 Å². The maximum atomic E-state index is 11.2. The van der Waals surface area contributed by atoms with Crippen molar-refractivity contribution >= 4 is 11.5 Å². The Morgan fingerprint density at radius 2 is 2.35 bits per heavy atom. The van der Waals surface area contributed by atoms with Crippen LogP contribution in [0.1, 0.15) is 17.5 Å². The molecule has 90 valence electrons. The van der Waals surface area contributed by atoms with E-state index < -0.39 is 0 Å². The van der Waals surface area contributed by atoms with Gasteiger partial charge in [-0.05, 0) is 29.7 Å². The van der Waals surface area contributed by atoms with Crippen LogP contribution in [0.15, 0.2) is 30.3 Å².